The summed E-state index contributed by atoms with van der Waals surface area (Å²) in [6, 6.07) is 6.03. The van der Waals surface area contributed by atoms with E-state index in [2.05, 4.69) is 23.8 Å². The molecule has 2 aromatic rings. The van der Waals surface area contributed by atoms with Crippen LogP contribution in [0.2, 0.25) is 0 Å². The zero-order valence-corrected chi connectivity index (χ0v) is 11.3. The fraction of sp³-hybridized carbons (Fsp3) is 0.429. The minimum atomic E-state index is -0.371. The van der Waals surface area contributed by atoms with E-state index in [1.807, 2.05) is 18.2 Å². The lowest BCUT2D eigenvalue weighted by atomic mass is 10.1. The van der Waals surface area contributed by atoms with Gasteiger partial charge in [0, 0.05) is 12.3 Å². The van der Waals surface area contributed by atoms with Gasteiger partial charge in [-0.3, -0.25) is 4.79 Å². The second kappa shape index (κ2) is 5.84. The van der Waals surface area contributed by atoms with Crippen LogP contribution in [0.3, 0.4) is 0 Å². The summed E-state index contributed by atoms with van der Waals surface area (Å²) in [6.45, 7) is 4.49. The van der Waals surface area contributed by atoms with Gasteiger partial charge in [0.15, 0.2) is 0 Å². The van der Waals surface area contributed by atoms with Crippen molar-refractivity contribution in [1.29, 1.82) is 0 Å². The number of H-pyrrole nitrogens is 1. The molecule has 3 N–H and O–H groups in total. The molecule has 0 aliphatic heterocycles. The minimum absolute atomic E-state index is 0.0721. The lowest BCUT2D eigenvalue weighted by Gasteiger charge is -2.03. The van der Waals surface area contributed by atoms with Gasteiger partial charge in [-0.05, 0) is 17.7 Å². The zero-order chi connectivity index (χ0) is 13.8. The topological polar surface area (TPSA) is 81.0 Å². The molecule has 1 aromatic heterocycles. The molecule has 0 atom stereocenters. The Balaban J connectivity index is 2.06. The molecule has 0 radical (unpaired) electrons. The molecule has 0 aliphatic rings. The minimum Gasteiger partial charge on any atom is -0.464 e. The van der Waals surface area contributed by atoms with Crippen LogP contribution in [-0.4, -0.2) is 29.1 Å². The maximum Gasteiger partial charge on any atom is 0.319 e. The summed E-state index contributed by atoms with van der Waals surface area (Å²) >= 11 is 0. The molecule has 0 aliphatic carbocycles. The Morgan fingerprint density at radius 2 is 2.26 bits per heavy atom. The Morgan fingerprint density at radius 1 is 1.47 bits per heavy atom. The third-order valence-electron chi connectivity index (χ3n) is 2.93. The van der Waals surface area contributed by atoms with Crippen molar-refractivity contribution >= 4 is 17.0 Å². The van der Waals surface area contributed by atoms with Crippen molar-refractivity contribution in [2.75, 3.05) is 13.2 Å². The van der Waals surface area contributed by atoms with E-state index in [9.17, 15) is 4.79 Å². The average molecular weight is 261 g/mol. The second-order valence-electron chi connectivity index (χ2n) is 4.80. The molecule has 2 rings (SSSR count). The molecule has 5 heteroatoms. The molecule has 1 heterocycles. The van der Waals surface area contributed by atoms with E-state index in [1.165, 1.54) is 0 Å². The Kier molecular flexibility index (Phi) is 4.16. The van der Waals surface area contributed by atoms with Gasteiger partial charge < -0.3 is 15.5 Å². The van der Waals surface area contributed by atoms with Crippen LogP contribution < -0.4 is 5.73 Å². The first-order chi connectivity index (χ1) is 9.10. The number of hydrogen-bond donors (Lipinski definition) is 2. The van der Waals surface area contributed by atoms with E-state index in [0.29, 0.717) is 18.9 Å². The number of aromatic amines is 1. The lowest BCUT2D eigenvalue weighted by molar-refractivity contribution is -0.141. The van der Waals surface area contributed by atoms with Crippen LogP contribution in [0.5, 0.6) is 0 Å². The molecule has 0 saturated heterocycles. The number of benzene rings is 1. The number of nitrogens with one attached hydrogen (secondary N) is 1. The number of ether oxygens (including phenoxy) is 1. The number of carbonyl (C=O) groups is 1. The van der Waals surface area contributed by atoms with E-state index in [1.54, 1.807) is 0 Å². The van der Waals surface area contributed by atoms with Crippen molar-refractivity contribution < 1.29 is 9.53 Å². The molecule has 0 amide bonds. The number of rotatable bonds is 5. The smallest absolute Gasteiger partial charge is 0.319 e. The molecule has 0 fully saturated rings. The van der Waals surface area contributed by atoms with Crippen LogP contribution in [-0.2, 0) is 16.0 Å². The van der Waals surface area contributed by atoms with Gasteiger partial charge in [0.25, 0.3) is 0 Å². The van der Waals surface area contributed by atoms with Crippen molar-refractivity contribution in [3.8, 4) is 0 Å². The quantitative estimate of drug-likeness (QED) is 0.803. The molecule has 0 bridgehead atoms. The van der Waals surface area contributed by atoms with E-state index >= 15 is 0 Å². The van der Waals surface area contributed by atoms with Crippen molar-refractivity contribution in [2.45, 2.75) is 26.2 Å². The van der Waals surface area contributed by atoms with Crippen LogP contribution in [0.4, 0.5) is 0 Å². The van der Waals surface area contributed by atoms with Gasteiger partial charge in [-0.25, -0.2) is 4.98 Å². The van der Waals surface area contributed by atoms with E-state index in [-0.39, 0.29) is 12.5 Å². The maximum atomic E-state index is 10.9. The molecule has 1 aromatic carbocycles. The normalized spacial score (nSPS) is 11.2. The fourth-order valence-electron chi connectivity index (χ4n) is 1.85. The molecule has 19 heavy (non-hydrogen) atoms. The highest BCUT2D eigenvalue weighted by Crippen LogP contribution is 2.18. The number of aromatic nitrogens is 2. The number of nitrogens with zero attached hydrogens (tertiary/aromatic N) is 1. The fourth-order valence-corrected chi connectivity index (χ4v) is 1.85. The largest absolute Gasteiger partial charge is 0.464 e. The Labute approximate surface area is 112 Å². The van der Waals surface area contributed by atoms with E-state index in [0.717, 1.165) is 22.4 Å². The summed E-state index contributed by atoms with van der Waals surface area (Å²) in [5.74, 6) is 0.993. The van der Waals surface area contributed by atoms with Crippen LogP contribution >= 0.6 is 0 Å². The number of fused-ring (bicyclic) bond motifs is 1. The van der Waals surface area contributed by atoms with Crippen LogP contribution in [0.25, 0.3) is 11.0 Å². The highest BCUT2D eigenvalue weighted by atomic mass is 16.5. The van der Waals surface area contributed by atoms with Crippen molar-refractivity contribution in [2.24, 2.45) is 5.73 Å². The van der Waals surface area contributed by atoms with Crippen molar-refractivity contribution in [3.05, 3.63) is 29.6 Å². The predicted molar refractivity (Wildman–Crippen MR) is 73.9 cm³/mol. The molecule has 5 nitrogen and oxygen atoms in total. The summed E-state index contributed by atoms with van der Waals surface area (Å²) in [5.41, 5.74) is 8.26. The van der Waals surface area contributed by atoms with Gasteiger partial charge in [0.05, 0.1) is 24.2 Å². The molecular weight excluding hydrogens is 242 g/mol. The van der Waals surface area contributed by atoms with Crippen LogP contribution in [0, 0.1) is 0 Å². The predicted octanol–water partition coefficient (Wildman–Crippen LogP) is 1.73. The second-order valence-corrected chi connectivity index (χ2v) is 4.80. The standard InChI is InChI=1S/C14H19N3O2/c1-9(2)14-16-11-4-3-10(7-12(11)17-14)5-6-19-13(18)8-15/h3-4,7,9H,5-6,8,15H2,1-2H3,(H,16,17). The molecule has 0 saturated carbocycles. The summed E-state index contributed by atoms with van der Waals surface area (Å²) < 4.78 is 4.96. The highest BCUT2D eigenvalue weighted by molar-refractivity contribution is 5.76. The van der Waals surface area contributed by atoms with Gasteiger partial charge >= 0.3 is 5.97 Å². The number of nitrogens with two attached hydrogens (primary N) is 1. The highest BCUT2D eigenvalue weighted by Gasteiger charge is 2.07. The number of esters is 1. The van der Waals surface area contributed by atoms with Crippen LogP contribution in [0.15, 0.2) is 18.2 Å². The number of carbonyl (C=O) groups excluding carboxylic acids is 1. The molecular formula is C14H19N3O2. The first-order valence-corrected chi connectivity index (χ1v) is 6.44. The Hall–Kier alpha value is -1.88. The Morgan fingerprint density at radius 3 is 2.95 bits per heavy atom. The number of hydrogen-bond acceptors (Lipinski definition) is 4. The molecule has 102 valence electrons. The van der Waals surface area contributed by atoms with Crippen molar-refractivity contribution in [1.82, 2.24) is 9.97 Å². The monoisotopic (exact) mass is 261 g/mol. The molecule has 0 unspecified atom stereocenters. The Bertz CT molecular complexity index is 575. The lowest BCUT2D eigenvalue weighted by Crippen LogP contribution is -2.17. The van der Waals surface area contributed by atoms with Gasteiger partial charge in [-0.15, -0.1) is 0 Å². The first-order valence-electron chi connectivity index (χ1n) is 6.44. The first kappa shape index (κ1) is 13.5. The van der Waals surface area contributed by atoms with Gasteiger partial charge in [0.1, 0.15) is 5.82 Å². The van der Waals surface area contributed by atoms with Gasteiger partial charge in [0.2, 0.25) is 0 Å². The summed E-state index contributed by atoms with van der Waals surface area (Å²) in [4.78, 5) is 18.8. The third kappa shape index (κ3) is 3.32. The maximum absolute atomic E-state index is 10.9. The van der Waals surface area contributed by atoms with Crippen LogP contribution in [0.1, 0.15) is 31.2 Å². The summed E-state index contributed by atoms with van der Waals surface area (Å²) in [5, 5.41) is 0. The summed E-state index contributed by atoms with van der Waals surface area (Å²) in [6.07, 6.45) is 0.678. The SMILES string of the molecule is CC(C)c1nc2ccc(CCOC(=O)CN)cc2[nH]1. The summed E-state index contributed by atoms with van der Waals surface area (Å²) in [7, 11) is 0. The number of imidazole rings is 1. The zero-order valence-electron chi connectivity index (χ0n) is 11.3. The third-order valence-corrected chi connectivity index (χ3v) is 2.93. The van der Waals surface area contributed by atoms with Gasteiger partial charge in [-0.2, -0.15) is 0 Å². The molecule has 0 spiro atoms. The average Bonchev–Trinajstić information content (AvgIpc) is 2.81. The van der Waals surface area contributed by atoms with E-state index in [4.69, 9.17) is 10.5 Å². The van der Waals surface area contributed by atoms with Gasteiger partial charge in [-0.1, -0.05) is 19.9 Å². The van der Waals surface area contributed by atoms with Crippen molar-refractivity contribution in [3.63, 3.8) is 0 Å². The van der Waals surface area contributed by atoms with E-state index < -0.39 is 0 Å².